The number of rotatable bonds is 2. The minimum Gasteiger partial charge on any atom is -0.405 e. The number of hydrogen-bond donors (Lipinski definition) is 1. The zero-order valence-electron chi connectivity index (χ0n) is 12.4. The van der Waals surface area contributed by atoms with Crippen LogP contribution in [0.1, 0.15) is 45.7 Å². The first-order chi connectivity index (χ1) is 8.65. The minimum atomic E-state index is 0.772. The van der Waals surface area contributed by atoms with Gasteiger partial charge in [-0.1, -0.05) is 51.4 Å². The Kier molecular flexibility index (Phi) is 13.0. The van der Waals surface area contributed by atoms with Crippen molar-refractivity contribution < 1.29 is 0 Å². The maximum atomic E-state index is 5.87. The van der Waals surface area contributed by atoms with Gasteiger partial charge in [0.25, 0.3) is 0 Å². The summed E-state index contributed by atoms with van der Waals surface area (Å²) in [4.78, 5) is 0. The molecule has 0 bridgehead atoms. The van der Waals surface area contributed by atoms with Crippen LogP contribution in [0, 0.1) is 6.92 Å². The molecule has 1 aromatic rings. The Hall–Kier alpha value is -1.21. The number of aryl methyl sites for hydroxylation is 1. The summed E-state index contributed by atoms with van der Waals surface area (Å²) in [5.41, 5.74) is 8.83. The van der Waals surface area contributed by atoms with Crippen molar-refractivity contribution in [2.24, 2.45) is 5.73 Å². The Labute approximate surface area is 117 Å². The van der Waals surface area contributed by atoms with E-state index >= 15 is 0 Å². The summed E-state index contributed by atoms with van der Waals surface area (Å²) >= 11 is 5.87. The lowest BCUT2D eigenvalue weighted by molar-refractivity contribution is 1.41. The summed E-state index contributed by atoms with van der Waals surface area (Å²) in [5.74, 6) is 0. The van der Waals surface area contributed by atoms with Gasteiger partial charge in [0, 0.05) is 5.02 Å². The fourth-order valence-corrected chi connectivity index (χ4v) is 1.59. The SMILES string of the molecule is C/C(=C\C=C/N)c1ccc(Cl)cc1C.CC.CC. The maximum Gasteiger partial charge on any atom is 0.0409 e. The van der Waals surface area contributed by atoms with Crippen molar-refractivity contribution in [3.63, 3.8) is 0 Å². The van der Waals surface area contributed by atoms with Crippen LogP contribution in [0.3, 0.4) is 0 Å². The first-order valence-electron chi connectivity index (χ1n) is 6.47. The first-order valence-corrected chi connectivity index (χ1v) is 6.84. The number of nitrogens with two attached hydrogens (primary N) is 1. The van der Waals surface area contributed by atoms with Gasteiger partial charge >= 0.3 is 0 Å². The van der Waals surface area contributed by atoms with Crippen LogP contribution >= 0.6 is 11.6 Å². The Morgan fingerprint density at radius 2 is 1.72 bits per heavy atom. The highest BCUT2D eigenvalue weighted by Crippen LogP contribution is 2.21. The van der Waals surface area contributed by atoms with E-state index in [2.05, 4.69) is 6.92 Å². The summed E-state index contributed by atoms with van der Waals surface area (Å²) in [7, 11) is 0. The van der Waals surface area contributed by atoms with Crippen molar-refractivity contribution in [1.29, 1.82) is 0 Å². The molecular formula is C16H26ClN. The Balaban J connectivity index is 0. The van der Waals surface area contributed by atoms with E-state index in [0.717, 1.165) is 5.02 Å². The molecule has 0 atom stereocenters. The smallest absolute Gasteiger partial charge is 0.0409 e. The Bertz CT molecular complexity index is 379. The highest BCUT2D eigenvalue weighted by atomic mass is 35.5. The third-order valence-corrected chi connectivity index (χ3v) is 2.31. The van der Waals surface area contributed by atoms with Gasteiger partial charge in [-0.05, 0) is 55.0 Å². The van der Waals surface area contributed by atoms with Crippen molar-refractivity contribution in [2.75, 3.05) is 0 Å². The molecule has 0 aromatic heterocycles. The molecule has 2 N–H and O–H groups in total. The molecule has 0 aliphatic carbocycles. The fraction of sp³-hybridized carbons (Fsp3) is 0.375. The lowest BCUT2D eigenvalue weighted by Gasteiger charge is -2.05. The molecule has 1 aromatic carbocycles. The van der Waals surface area contributed by atoms with Crippen molar-refractivity contribution in [3.8, 4) is 0 Å². The largest absolute Gasteiger partial charge is 0.405 e. The van der Waals surface area contributed by atoms with Gasteiger partial charge in [-0.25, -0.2) is 0 Å². The van der Waals surface area contributed by atoms with Gasteiger partial charge < -0.3 is 5.73 Å². The number of halogens is 1. The summed E-state index contributed by atoms with van der Waals surface area (Å²) in [6.45, 7) is 12.1. The van der Waals surface area contributed by atoms with Crippen LogP contribution in [-0.2, 0) is 0 Å². The Morgan fingerprint density at radius 1 is 1.17 bits per heavy atom. The monoisotopic (exact) mass is 267 g/mol. The molecule has 2 heteroatoms. The average Bonchev–Trinajstić information content (AvgIpc) is 2.40. The lowest BCUT2D eigenvalue weighted by Crippen LogP contribution is -1.85. The molecule has 0 aliphatic heterocycles. The van der Waals surface area contributed by atoms with Gasteiger partial charge in [-0.2, -0.15) is 0 Å². The standard InChI is InChI=1S/C12H14ClN.2C2H6/c1-9(4-3-7-14)12-6-5-11(13)8-10(12)2;2*1-2/h3-8H,14H2,1-2H3;2*1-2H3/b7-3-,9-4+;;. The number of allylic oxidation sites excluding steroid dienone is 3. The zero-order valence-corrected chi connectivity index (χ0v) is 13.2. The molecule has 0 radical (unpaired) electrons. The van der Waals surface area contributed by atoms with Crippen LogP contribution in [0.25, 0.3) is 5.57 Å². The lowest BCUT2D eigenvalue weighted by atomic mass is 10.0. The maximum absolute atomic E-state index is 5.87. The fourth-order valence-electron chi connectivity index (χ4n) is 1.36. The van der Waals surface area contributed by atoms with Crippen LogP contribution in [0.2, 0.25) is 5.02 Å². The number of benzene rings is 1. The molecule has 18 heavy (non-hydrogen) atoms. The highest BCUT2D eigenvalue weighted by Gasteiger charge is 1.99. The van der Waals surface area contributed by atoms with Crippen LogP contribution in [0.15, 0.2) is 36.6 Å². The van der Waals surface area contributed by atoms with Crippen molar-refractivity contribution in [3.05, 3.63) is 52.7 Å². The summed E-state index contributed by atoms with van der Waals surface area (Å²) in [6, 6.07) is 5.88. The third kappa shape index (κ3) is 7.18. The normalized spacial score (nSPS) is 10.3. The molecule has 0 spiro atoms. The van der Waals surface area contributed by atoms with E-state index in [4.69, 9.17) is 17.3 Å². The molecular weight excluding hydrogens is 242 g/mol. The van der Waals surface area contributed by atoms with E-state index < -0.39 is 0 Å². The molecule has 0 saturated carbocycles. The second-order valence-corrected chi connectivity index (χ2v) is 3.63. The zero-order chi connectivity index (χ0) is 14.6. The van der Waals surface area contributed by atoms with Crippen LogP contribution in [-0.4, -0.2) is 0 Å². The Morgan fingerprint density at radius 3 is 2.17 bits per heavy atom. The van der Waals surface area contributed by atoms with Gasteiger partial charge in [0.15, 0.2) is 0 Å². The van der Waals surface area contributed by atoms with Gasteiger partial charge in [0.2, 0.25) is 0 Å². The molecule has 0 amide bonds. The van der Waals surface area contributed by atoms with Crippen molar-refractivity contribution >= 4 is 17.2 Å². The third-order valence-electron chi connectivity index (χ3n) is 2.07. The van der Waals surface area contributed by atoms with E-state index in [-0.39, 0.29) is 0 Å². The van der Waals surface area contributed by atoms with E-state index in [1.807, 2.05) is 65.0 Å². The summed E-state index contributed by atoms with van der Waals surface area (Å²) < 4.78 is 0. The van der Waals surface area contributed by atoms with Gasteiger partial charge in [0.1, 0.15) is 0 Å². The van der Waals surface area contributed by atoms with E-state index in [1.54, 1.807) is 0 Å². The molecule has 0 unspecified atom stereocenters. The molecule has 0 aliphatic rings. The molecule has 1 nitrogen and oxygen atoms in total. The predicted molar refractivity (Wildman–Crippen MR) is 85.9 cm³/mol. The highest BCUT2D eigenvalue weighted by molar-refractivity contribution is 6.30. The average molecular weight is 268 g/mol. The minimum absolute atomic E-state index is 0.772. The molecule has 0 heterocycles. The molecule has 1 rings (SSSR count). The van der Waals surface area contributed by atoms with E-state index in [1.165, 1.54) is 22.9 Å². The van der Waals surface area contributed by atoms with Crippen molar-refractivity contribution in [2.45, 2.75) is 41.5 Å². The van der Waals surface area contributed by atoms with E-state index in [0.29, 0.717) is 0 Å². The van der Waals surface area contributed by atoms with Gasteiger partial charge in [-0.15, -0.1) is 0 Å². The predicted octanol–water partition coefficient (Wildman–Crippen LogP) is 5.58. The first kappa shape index (κ1) is 19.1. The second kappa shape index (κ2) is 12.3. The summed E-state index contributed by atoms with van der Waals surface area (Å²) in [5, 5.41) is 0.772. The number of hydrogen-bond acceptors (Lipinski definition) is 1. The summed E-state index contributed by atoms with van der Waals surface area (Å²) in [6.07, 6.45) is 5.33. The topological polar surface area (TPSA) is 26.0 Å². The van der Waals surface area contributed by atoms with Gasteiger partial charge in [0.05, 0.1) is 0 Å². The van der Waals surface area contributed by atoms with Crippen LogP contribution < -0.4 is 5.73 Å². The molecule has 0 saturated heterocycles. The van der Waals surface area contributed by atoms with Crippen molar-refractivity contribution in [1.82, 2.24) is 0 Å². The van der Waals surface area contributed by atoms with Crippen LogP contribution in [0.5, 0.6) is 0 Å². The quantitative estimate of drug-likeness (QED) is 0.696. The van der Waals surface area contributed by atoms with Gasteiger partial charge in [-0.3, -0.25) is 0 Å². The second-order valence-electron chi connectivity index (χ2n) is 3.19. The molecule has 0 fully saturated rings. The molecule has 102 valence electrons. The van der Waals surface area contributed by atoms with Crippen LogP contribution in [0.4, 0.5) is 0 Å². The van der Waals surface area contributed by atoms with E-state index in [9.17, 15) is 0 Å².